The van der Waals surface area contributed by atoms with Crippen LogP contribution in [0.5, 0.6) is 0 Å². The van der Waals surface area contributed by atoms with Gasteiger partial charge in [0, 0.05) is 17.1 Å². The minimum Gasteiger partial charge on any atom is -0.447 e. The number of alkyl carbamates (subject to hydrolysis) is 1. The number of fused-ring (bicyclic) bond motifs is 1. The highest BCUT2D eigenvalue weighted by molar-refractivity contribution is 7.99. The van der Waals surface area contributed by atoms with Crippen LogP contribution in [-0.2, 0) is 4.74 Å². The Labute approximate surface area is 113 Å². The van der Waals surface area contributed by atoms with Crippen LogP contribution in [0.2, 0.25) is 0 Å². The van der Waals surface area contributed by atoms with Gasteiger partial charge in [-0.3, -0.25) is 0 Å². The van der Waals surface area contributed by atoms with Gasteiger partial charge in [-0.05, 0) is 19.9 Å². The highest BCUT2D eigenvalue weighted by Crippen LogP contribution is 2.17. The van der Waals surface area contributed by atoms with E-state index in [0.717, 1.165) is 11.4 Å². The van der Waals surface area contributed by atoms with Gasteiger partial charge >= 0.3 is 6.09 Å². The third-order valence-corrected chi connectivity index (χ3v) is 3.75. The summed E-state index contributed by atoms with van der Waals surface area (Å²) in [5.41, 5.74) is 1.92. The maximum Gasteiger partial charge on any atom is 0.407 e. The number of nitrogens with one attached hydrogen (secondary N) is 1. The molecule has 3 heterocycles. The van der Waals surface area contributed by atoms with Crippen molar-refractivity contribution in [3.63, 3.8) is 0 Å². The molecule has 1 N–H and O–H groups in total. The molecule has 1 aliphatic rings. The van der Waals surface area contributed by atoms with Crippen LogP contribution < -0.4 is 5.32 Å². The lowest BCUT2D eigenvalue weighted by Crippen LogP contribution is -2.28. The maximum atomic E-state index is 10.9. The second kappa shape index (κ2) is 4.69. The molecule has 1 atom stereocenters. The van der Waals surface area contributed by atoms with Gasteiger partial charge < -0.3 is 10.1 Å². The molecule has 0 radical (unpaired) electrons. The van der Waals surface area contributed by atoms with Crippen LogP contribution in [-0.4, -0.2) is 44.1 Å². The summed E-state index contributed by atoms with van der Waals surface area (Å²) < 4.78 is 6.55. The van der Waals surface area contributed by atoms with Gasteiger partial charge in [0.25, 0.3) is 5.78 Å². The van der Waals surface area contributed by atoms with E-state index in [1.165, 1.54) is 11.8 Å². The Morgan fingerprint density at radius 2 is 2.37 bits per heavy atom. The number of carbonyl (C=O) groups is 1. The molecule has 8 heteroatoms. The first-order chi connectivity index (χ1) is 9.11. The number of amides is 1. The van der Waals surface area contributed by atoms with E-state index in [1.54, 1.807) is 4.52 Å². The summed E-state index contributed by atoms with van der Waals surface area (Å²) in [5.74, 6) is 1.28. The van der Waals surface area contributed by atoms with E-state index in [1.807, 2.05) is 19.9 Å². The van der Waals surface area contributed by atoms with Crippen LogP contribution >= 0.6 is 11.8 Å². The van der Waals surface area contributed by atoms with Crippen molar-refractivity contribution in [1.29, 1.82) is 0 Å². The third-order valence-electron chi connectivity index (χ3n) is 2.75. The van der Waals surface area contributed by atoms with E-state index in [0.29, 0.717) is 23.3 Å². The van der Waals surface area contributed by atoms with E-state index in [4.69, 9.17) is 4.74 Å². The highest BCUT2D eigenvalue weighted by Gasteiger charge is 2.22. The molecule has 2 aromatic heterocycles. The summed E-state index contributed by atoms with van der Waals surface area (Å²) in [6.45, 7) is 4.30. The van der Waals surface area contributed by atoms with Crippen LogP contribution in [0, 0.1) is 13.8 Å². The zero-order valence-corrected chi connectivity index (χ0v) is 11.4. The minimum absolute atomic E-state index is 0.0138. The molecule has 0 bridgehead atoms. The van der Waals surface area contributed by atoms with Crippen molar-refractivity contribution < 1.29 is 9.53 Å². The summed E-state index contributed by atoms with van der Waals surface area (Å²) in [7, 11) is 0. The number of rotatable bonds is 3. The van der Waals surface area contributed by atoms with Crippen LogP contribution in [0.15, 0.2) is 11.2 Å². The van der Waals surface area contributed by atoms with Crippen molar-refractivity contribution in [1.82, 2.24) is 24.9 Å². The minimum atomic E-state index is -0.360. The molecule has 3 rings (SSSR count). The molecule has 0 aromatic carbocycles. The predicted molar refractivity (Wildman–Crippen MR) is 69.3 cm³/mol. The van der Waals surface area contributed by atoms with Crippen molar-refractivity contribution in [3.05, 3.63) is 17.5 Å². The standard InChI is InChI=1S/C11H13N5O2S/c1-6-3-7(2)16-9(12-6)14-10(15-16)19-5-8-4-18-11(17)13-8/h3,8H,4-5H2,1-2H3,(H,13,17)/t8-/m0/s1. The van der Waals surface area contributed by atoms with Crippen molar-refractivity contribution >= 4 is 23.6 Å². The van der Waals surface area contributed by atoms with Gasteiger partial charge in [0.05, 0.1) is 6.04 Å². The lowest BCUT2D eigenvalue weighted by molar-refractivity contribution is 0.177. The van der Waals surface area contributed by atoms with Crippen LogP contribution in [0.3, 0.4) is 0 Å². The number of nitrogens with zero attached hydrogens (tertiary/aromatic N) is 4. The van der Waals surface area contributed by atoms with Crippen molar-refractivity contribution in [2.24, 2.45) is 0 Å². The zero-order chi connectivity index (χ0) is 13.4. The predicted octanol–water partition coefficient (Wildman–Crippen LogP) is 0.942. The fraction of sp³-hybridized carbons (Fsp3) is 0.455. The first-order valence-corrected chi connectivity index (χ1v) is 6.87. The smallest absolute Gasteiger partial charge is 0.407 e. The van der Waals surface area contributed by atoms with Gasteiger partial charge in [-0.25, -0.2) is 14.3 Å². The molecular weight excluding hydrogens is 266 g/mol. The summed E-state index contributed by atoms with van der Waals surface area (Å²) in [4.78, 5) is 19.6. The number of ether oxygens (including phenoxy) is 1. The number of thioether (sulfide) groups is 1. The van der Waals surface area contributed by atoms with Crippen molar-refractivity contribution in [2.75, 3.05) is 12.4 Å². The van der Waals surface area contributed by atoms with Gasteiger partial charge in [0.2, 0.25) is 5.16 Å². The summed E-state index contributed by atoms with van der Waals surface area (Å²) >= 11 is 1.48. The first-order valence-electron chi connectivity index (χ1n) is 5.89. The van der Waals surface area contributed by atoms with Gasteiger partial charge in [0.15, 0.2) is 0 Å². The van der Waals surface area contributed by atoms with Crippen molar-refractivity contribution in [3.8, 4) is 0 Å². The molecule has 1 aliphatic heterocycles. The second-order valence-corrected chi connectivity index (χ2v) is 5.38. The first kappa shape index (κ1) is 12.2. The second-order valence-electron chi connectivity index (χ2n) is 4.40. The molecule has 1 fully saturated rings. The Morgan fingerprint density at radius 1 is 1.53 bits per heavy atom. The number of aryl methyl sites for hydroxylation is 2. The Bertz CT molecular complexity index is 641. The molecule has 1 saturated heterocycles. The lowest BCUT2D eigenvalue weighted by Gasteiger charge is -2.02. The number of cyclic esters (lactones) is 1. The molecule has 0 aliphatic carbocycles. The van der Waals surface area contributed by atoms with E-state index in [9.17, 15) is 4.79 Å². The Kier molecular flexibility index (Phi) is 3.02. The average molecular weight is 279 g/mol. The van der Waals surface area contributed by atoms with Crippen LogP contribution in [0.4, 0.5) is 4.79 Å². The summed E-state index contributed by atoms with van der Waals surface area (Å²) in [6.07, 6.45) is -0.360. The SMILES string of the molecule is Cc1cc(C)n2nc(SC[C@@H]3COC(=O)N3)nc2n1. The molecule has 0 saturated carbocycles. The Balaban J connectivity index is 1.75. The van der Waals surface area contributed by atoms with Crippen molar-refractivity contribution in [2.45, 2.75) is 25.0 Å². The molecule has 1 amide bonds. The number of hydrogen-bond acceptors (Lipinski definition) is 6. The lowest BCUT2D eigenvalue weighted by atomic mass is 10.4. The van der Waals surface area contributed by atoms with Gasteiger partial charge in [-0.1, -0.05) is 11.8 Å². The summed E-state index contributed by atoms with van der Waals surface area (Å²) in [5, 5.41) is 7.76. The zero-order valence-electron chi connectivity index (χ0n) is 10.6. The monoisotopic (exact) mass is 279 g/mol. The molecule has 2 aromatic rings. The number of carbonyl (C=O) groups excluding carboxylic acids is 1. The van der Waals surface area contributed by atoms with E-state index in [-0.39, 0.29) is 12.1 Å². The fourth-order valence-electron chi connectivity index (χ4n) is 1.90. The fourth-order valence-corrected chi connectivity index (χ4v) is 2.72. The Morgan fingerprint density at radius 3 is 3.11 bits per heavy atom. The normalized spacial score (nSPS) is 18.6. The Hall–Kier alpha value is -1.83. The molecule has 0 spiro atoms. The van der Waals surface area contributed by atoms with E-state index >= 15 is 0 Å². The van der Waals surface area contributed by atoms with Gasteiger partial charge in [-0.2, -0.15) is 4.98 Å². The summed E-state index contributed by atoms with van der Waals surface area (Å²) in [6, 6.07) is 1.97. The molecule has 0 unspecified atom stereocenters. The van der Waals surface area contributed by atoms with E-state index in [2.05, 4.69) is 20.4 Å². The quantitative estimate of drug-likeness (QED) is 0.842. The van der Waals surface area contributed by atoms with E-state index < -0.39 is 0 Å². The maximum absolute atomic E-state index is 10.9. The number of hydrogen-bond donors (Lipinski definition) is 1. The van der Waals surface area contributed by atoms with Crippen LogP contribution in [0.1, 0.15) is 11.4 Å². The van der Waals surface area contributed by atoms with Gasteiger partial charge in [-0.15, -0.1) is 5.10 Å². The number of aromatic nitrogens is 4. The molecule has 7 nitrogen and oxygen atoms in total. The third kappa shape index (κ3) is 2.48. The van der Waals surface area contributed by atoms with Crippen LogP contribution in [0.25, 0.3) is 5.78 Å². The molecule has 19 heavy (non-hydrogen) atoms. The topological polar surface area (TPSA) is 81.4 Å². The average Bonchev–Trinajstić information content (AvgIpc) is 2.92. The molecule has 100 valence electrons. The largest absolute Gasteiger partial charge is 0.447 e. The van der Waals surface area contributed by atoms with Gasteiger partial charge in [0.1, 0.15) is 6.61 Å². The molecular formula is C11H13N5O2S. The highest BCUT2D eigenvalue weighted by atomic mass is 32.2.